The Morgan fingerprint density at radius 3 is 3.09 bits per heavy atom. The molecule has 1 fully saturated rings. The van der Waals surface area contributed by atoms with Crippen molar-refractivity contribution in [2.45, 2.75) is 39.0 Å². The molecule has 0 unspecified atom stereocenters. The number of nitrogens with zero attached hydrogens (tertiary/aromatic N) is 4. The average Bonchev–Trinajstić information content (AvgIpc) is 3.05. The fraction of sp³-hybridized carbons (Fsp3) is 0.471. The lowest BCUT2D eigenvalue weighted by Crippen LogP contribution is -2.50. The molecule has 0 N–H and O–H groups in total. The molecule has 2 aliphatic heterocycles. The minimum atomic E-state index is -0.00739. The van der Waals surface area contributed by atoms with Crippen molar-refractivity contribution in [1.29, 1.82) is 0 Å². The van der Waals surface area contributed by atoms with E-state index in [1.54, 1.807) is 6.20 Å². The first-order chi connectivity index (χ1) is 11.1. The molecule has 1 aromatic carbocycles. The van der Waals surface area contributed by atoms with Gasteiger partial charge in [-0.25, -0.2) is 4.68 Å². The topological polar surface area (TPSA) is 60.3 Å². The van der Waals surface area contributed by atoms with Crippen LogP contribution in [0.25, 0.3) is 0 Å². The highest BCUT2D eigenvalue weighted by molar-refractivity contribution is 5.96. The molecule has 2 atom stereocenters. The lowest BCUT2D eigenvalue weighted by Gasteiger charge is -2.41. The van der Waals surface area contributed by atoms with Gasteiger partial charge in [0.05, 0.1) is 30.6 Å². The van der Waals surface area contributed by atoms with Crippen molar-refractivity contribution in [3.05, 3.63) is 46.8 Å². The molecule has 2 aliphatic rings. The highest BCUT2D eigenvalue weighted by atomic mass is 16.5. The highest BCUT2D eigenvalue weighted by Gasteiger charge is 2.38. The molecule has 0 saturated carbocycles. The van der Waals surface area contributed by atoms with Gasteiger partial charge in [-0.15, -0.1) is 5.10 Å². The Kier molecular flexibility index (Phi) is 3.41. The number of carbonyl (C=O) groups is 1. The second kappa shape index (κ2) is 5.45. The Hall–Kier alpha value is -2.21. The van der Waals surface area contributed by atoms with E-state index < -0.39 is 0 Å². The average molecular weight is 312 g/mol. The number of hydrogen-bond acceptors (Lipinski definition) is 4. The van der Waals surface area contributed by atoms with Crippen LogP contribution in [0.5, 0.6) is 0 Å². The molecule has 0 radical (unpaired) electrons. The van der Waals surface area contributed by atoms with E-state index in [0.29, 0.717) is 13.2 Å². The first-order valence-electron chi connectivity index (χ1n) is 8.00. The maximum Gasteiger partial charge on any atom is 0.254 e. The minimum absolute atomic E-state index is 0.00739. The zero-order valence-corrected chi connectivity index (χ0v) is 13.4. The summed E-state index contributed by atoms with van der Waals surface area (Å²) in [5.41, 5.74) is 3.93. The molecule has 1 saturated heterocycles. The number of aryl methyl sites for hydroxylation is 2. The summed E-state index contributed by atoms with van der Waals surface area (Å²) in [7, 11) is 0. The number of aromatic nitrogens is 3. The zero-order valence-electron chi connectivity index (χ0n) is 13.4. The van der Waals surface area contributed by atoms with Crippen molar-refractivity contribution < 1.29 is 9.53 Å². The lowest BCUT2D eigenvalue weighted by atomic mass is 9.98. The molecule has 0 bridgehead atoms. The SMILES string of the molecule is Cc1ccc(C)c(C(=O)N2CC[C@H]3[C@H](C2)OCc2cnnn23)c1. The van der Waals surface area contributed by atoms with Crippen LogP contribution < -0.4 is 0 Å². The number of amides is 1. The van der Waals surface area contributed by atoms with Gasteiger partial charge in [-0.3, -0.25) is 4.79 Å². The molecule has 23 heavy (non-hydrogen) atoms. The Labute approximate surface area is 135 Å². The van der Waals surface area contributed by atoms with Gasteiger partial charge in [-0.05, 0) is 31.9 Å². The second-order valence-corrected chi connectivity index (χ2v) is 6.44. The standard InChI is InChI=1S/C17H20N4O2/c1-11-3-4-12(2)14(7-11)17(22)20-6-5-15-16(9-20)23-10-13-8-18-19-21(13)15/h3-4,7-8,15-16H,5-6,9-10H2,1-2H3/t15-,16-/m0/s1. The molecule has 2 aromatic rings. The van der Waals surface area contributed by atoms with Crippen LogP contribution in [-0.2, 0) is 11.3 Å². The Morgan fingerprint density at radius 2 is 2.22 bits per heavy atom. The number of carbonyl (C=O) groups excluding carboxylic acids is 1. The minimum Gasteiger partial charge on any atom is -0.368 e. The van der Waals surface area contributed by atoms with Crippen LogP contribution in [0.3, 0.4) is 0 Å². The van der Waals surface area contributed by atoms with Crippen LogP contribution in [0.4, 0.5) is 0 Å². The third-order valence-corrected chi connectivity index (χ3v) is 4.84. The number of benzene rings is 1. The van der Waals surface area contributed by atoms with Crippen molar-refractivity contribution in [3.8, 4) is 0 Å². The van der Waals surface area contributed by atoms with Gasteiger partial charge in [0.1, 0.15) is 0 Å². The van der Waals surface area contributed by atoms with Gasteiger partial charge >= 0.3 is 0 Å². The zero-order chi connectivity index (χ0) is 16.0. The van der Waals surface area contributed by atoms with Gasteiger partial charge in [-0.2, -0.15) is 0 Å². The van der Waals surface area contributed by atoms with E-state index in [2.05, 4.69) is 10.3 Å². The van der Waals surface area contributed by atoms with Crippen molar-refractivity contribution in [2.24, 2.45) is 0 Å². The number of likely N-dealkylation sites (tertiary alicyclic amines) is 1. The van der Waals surface area contributed by atoms with Crippen LogP contribution in [-0.4, -0.2) is 45.0 Å². The molecule has 3 heterocycles. The highest BCUT2D eigenvalue weighted by Crippen LogP contribution is 2.31. The summed E-state index contributed by atoms with van der Waals surface area (Å²) in [5.74, 6) is 0.0950. The van der Waals surface area contributed by atoms with Gasteiger partial charge in [0.25, 0.3) is 5.91 Å². The maximum atomic E-state index is 12.9. The predicted molar refractivity (Wildman–Crippen MR) is 84.1 cm³/mol. The molecular weight excluding hydrogens is 292 g/mol. The third-order valence-electron chi connectivity index (χ3n) is 4.84. The van der Waals surface area contributed by atoms with E-state index >= 15 is 0 Å². The number of piperidine rings is 1. The summed E-state index contributed by atoms with van der Waals surface area (Å²) in [4.78, 5) is 14.8. The Bertz CT molecular complexity index is 755. The fourth-order valence-corrected chi connectivity index (χ4v) is 3.51. The molecule has 6 nitrogen and oxygen atoms in total. The van der Waals surface area contributed by atoms with Crippen LogP contribution >= 0.6 is 0 Å². The van der Waals surface area contributed by atoms with E-state index in [1.807, 2.05) is 41.6 Å². The normalized spacial score (nSPS) is 23.3. The number of rotatable bonds is 1. The first kappa shape index (κ1) is 14.4. The van der Waals surface area contributed by atoms with Gasteiger partial charge in [0, 0.05) is 18.7 Å². The number of fused-ring (bicyclic) bond motifs is 3. The molecular formula is C17H20N4O2. The smallest absolute Gasteiger partial charge is 0.254 e. The molecule has 0 aliphatic carbocycles. The van der Waals surface area contributed by atoms with E-state index in [0.717, 1.165) is 35.3 Å². The monoisotopic (exact) mass is 312 g/mol. The van der Waals surface area contributed by atoms with Crippen molar-refractivity contribution in [1.82, 2.24) is 19.9 Å². The first-order valence-corrected chi connectivity index (χ1v) is 8.00. The predicted octanol–water partition coefficient (Wildman–Crippen LogP) is 1.88. The summed E-state index contributed by atoms with van der Waals surface area (Å²) in [6.07, 6.45) is 2.59. The summed E-state index contributed by atoms with van der Waals surface area (Å²) in [6, 6.07) is 6.20. The molecule has 1 aromatic heterocycles. The van der Waals surface area contributed by atoms with E-state index in [9.17, 15) is 4.79 Å². The van der Waals surface area contributed by atoms with Crippen LogP contribution in [0.2, 0.25) is 0 Å². The van der Waals surface area contributed by atoms with Gasteiger partial charge < -0.3 is 9.64 Å². The number of ether oxygens (including phenoxy) is 1. The van der Waals surface area contributed by atoms with Crippen LogP contribution in [0.15, 0.2) is 24.4 Å². The molecule has 6 heteroatoms. The molecule has 120 valence electrons. The van der Waals surface area contributed by atoms with E-state index in [1.165, 1.54) is 0 Å². The molecule has 0 spiro atoms. The van der Waals surface area contributed by atoms with Crippen LogP contribution in [0, 0.1) is 13.8 Å². The van der Waals surface area contributed by atoms with E-state index in [4.69, 9.17) is 4.74 Å². The Balaban J connectivity index is 1.55. The molecule has 1 amide bonds. The second-order valence-electron chi connectivity index (χ2n) is 6.44. The van der Waals surface area contributed by atoms with Gasteiger partial charge in [0.15, 0.2) is 0 Å². The van der Waals surface area contributed by atoms with Crippen molar-refractivity contribution in [3.63, 3.8) is 0 Å². The van der Waals surface area contributed by atoms with Gasteiger partial charge in [0.2, 0.25) is 0 Å². The lowest BCUT2D eigenvalue weighted by molar-refractivity contribution is -0.0627. The maximum absolute atomic E-state index is 12.9. The largest absolute Gasteiger partial charge is 0.368 e. The van der Waals surface area contributed by atoms with Crippen molar-refractivity contribution in [2.75, 3.05) is 13.1 Å². The fourth-order valence-electron chi connectivity index (χ4n) is 3.51. The quantitative estimate of drug-likeness (QED) is 0.807. The summed E-state index contributed by atoms with van der Waals surface area (Å²) >= 11 is 0. The third kappa shape index (κ3) is 2.43. The summed E-state index contributed by atoms with van der Waals surface area (Å²) in [6.45, 7) is 5.84. The summed E-state index contributed by atoms with van der Waals surface area (Å²) < 4.78 is 7.91. The van der Waals surface area contributed by atoms with Crippen molar-refractivity contribution >= 4 is 5.91 Å². The van der Waals surface area contributed by atoms with E-state index in [-0.39, 0.29) is 18.1 Å². The van der Waals surface area contributed by atoms with Crippen LogP contribution in [0.1, 0.15) is 39.6 Å². The van der Waals surface area contributed by atoms with Gasteiger partial charge in [-0.1, -0.05) is 22.9 Å². The summed E-state index contributed by atoms with van der Waals surface area (Å²) in [5, 5.41) is 8.15. The number of hydrogen-bond donors (Lipinski definition) is 0. The Morgan fingerprint density at radius 1 is 1.35 bits per heavy atom. The molecule has 4 rings (SSSR count).